The van der Waals surface area contributed by atoms with Crippen LogP contribution in [0.25, 0.3) is 0 Å². The summed E-state index contributed by atoms with van der Waals surface area (Å²) in [6.45, 7) is 2.29. The van der Waals surface area contributed by atoms with Crippen LogP contribution in [0.5, 0.6) is 5.75 Å². The molecule has 1 N–H and O–H groups in total. The van der Waals surface area contributed by atoms with Crippen LogP contribution in [0.3, 0.4) is 0 Å². The first-order valence-corrected chi connectivity index (χ1v) is 5.71. The van der Waals surface area contributed by atoms with Gasteiger partial charge in [0.2, 0.25) is 0 Å². The second-order valence-corrected chi connectivity index (χ2v) is 4.19. The van der Waals surface area contributed by atoms with E-state index in [1.807, 2.05) is 11.8 Å². The van der Waals surface area contributed by atoms with E-state index in [4.69, 9.17) is 9.84 Å². The van der Waals surface area contributed by atoms with Gasteiger partial charge >= 0.3 is 5.97 Å². The van der Waals surface area contributed by atoms with E-state index in [2.05, 4.69) is 0 Å². The summed E-state index contributed by atoms with van der Waals surface area (Å²) >= 11 is 0. The van der Waals surface area contributed by atoms with Crippen LogP contribution < -0.4 is 4.74 Å². The van der Waals surface area contributed by atoms with Gasteiger partial charge in [0.05, 0.1) is 13.5 Å². The summed E-state index contributed by atoms with van der Waals surface area (Å²) in [5.74, 6) is -0.574. The molecule has 0 saturated heterocycles. The van der Waals surface area contributed by atoms with Crippen molar-refractivity contribution in [2.75, 3.05) is 20.7 Å². The van der Waals surface area contributed by atoms with Gasteiger partial charge in [-0.15, -0.1) is 0 Å². The van der Waals surface area contributed by atoms with Crippen LogP contribution in [0.4, 0.5) is 4.39 Å². The van der Waals surface area contributed by atoms with Crippen molar-refractivity contribution in [2.45, 2.75) is 19.4 Å². The molecule has 0 radical (unpaired) electrons. The molecular formula is C13H18FNO3. The molecule has 1 unspecified atom stereocenters. The summed E-state index contributed by atoms with van der Waals surface area (Å²) in [4.78, 5) is 12.4. The number of halogens is 1. The standard InChI is InChI=1S/C13H18FNO3/c1-9(15(2)7-6-13(16)17)11-8-10(14)4-5-12(11)18-3/h4-5,8-9H,6-7H2,1-3H3,(H,16,17). The van der Waals surface area contributed by atoms with Crippen molar-refractivity contribution in [3.8, 4) is 5.75 Å². The second-order valence-electron chi connectivity index (χ2n) is 4.19. The summed E-state index contributed by atoms with van der Waals surface area (Å²) in [5.41, 5.74) is 0.713. The summed E-state index contributed by atoms with van der Waals surface area (Å²) in [5, 5.41) is 8.65. The highest BCUT2D eigenvalue weighted by atomic mass is 19.1. The van der Waals surface area contributed by atoms with E-state index in [0.717, 1.165) is 0 Å². The van der Waals surface area contributed by atoms with E-state index >= 15 is 0 Å². The Kier molecular flexibility index (Phi) is 5.09. The Bertz CT molecular complexity index is 423. The minimum Gasteiger partial charge on any atom is -0.496 e. The topological polar surface area (TPSA) is 49.8 Å². The molecule has 0 amide bonds. The highest BCUT2D eigenvalue weighted by Gasteiger charge is 2.17. The van der Waals surface area contributed by atoms with Gasteiger partial charge in [0.1, 0.15) is 11.6 Å². The molecule has 100 valence electrons. The molecule has 18 heavy (non-hydrogen) atoms. The SMILES string of the molecule is COc1ccc(F)cc1C(C)N(C)CCC(=O)O. The third-order valence-electron chi connectivity index (χ3n) is 2.98. The van der Waals surface area contributed by atoms with Crippen molar-refractivity contribution in [1.29, 1.82) is 0 Å². The third-order valence-corrected chi connectivity index (χ3v) is 2.98. The lowest BCUT2D eigenvalue weighted by Gasteiger charge is -2.25. The molecule has 0 aliphatic carbocycles. The summed E-state index contributed by atoms with van der Waals surface area (Å²) < 4.78 is 18.4. The number of carboxylic acid groups (broad SMARTS) is 1. The van der Waals surface area contributed by atoms with Crippen LogP contribution in [-0.4, -0.2) is 36.7 Å². The molecule has 0 bridgehead atoms. The molecule has 1 atom stereocenters. The van der Waals surface area contributed by atoms with Gasteiger partial charge in [0, 0.05) is 18.2 Å². The number of methoxy groups -OCH3 is 1. The quantitative estimate of drug-likeness (QED) is 0.847. The molecule has 0 aromatic heterocycles. The van der Waals surface area contributed by atoms with Crippen molar-refractivity contribution >= 4 is 5.97 Å². The van der Waals surface area contributed by atoms with Gasteiger partial charge in [0.15, 0.2) is 0 Å². The van der Waals surface area contributed by atoms with Gasteiger partial charge in [0.25, 0.3) is 0 Å². The van der Waals surface area contributed by atoms with E-state index in [-0.39, 0.29) is 18.3 Å². The van der Waals surface area contributed by atoms with E-state index in [9.17, 15) is 9.18 Å². The maximum Gasteiger partial charge on any atom is 0.304 e. The molecule has 0 spiro atoms. The first kappa shape index (κ1) is 14.4. The maximum atomic E-state index is 13.3. The van der Waals surface area contributed by atoms with Gasteiger partial charge in [-0.25, -0.2) is 4.39 Å². The molecule has 1 aromatic rings. The minimum absolute atomic E-state index is 0.0540. The van der Waals surface area contributed by atoms with E-state index in [1.54, 1.807) is 13.1 Å². The zero-order valence-corrected chi connectivity index (χ0v) is 10.8. The smallest absolute Gasteiger partial charge is 0.304 e. The number of ether oxygens (including phenoxy) is 1. The minimum atomic E-state index is -0.847. The van der Waals surface area contributed by atoms with Gasteiger partial charge in [-0.1, -0.05) is 0 Å². The number of carboxylic acids is 1. The number of hydrogen-bond acceptors (Lipinski definition) is 3. The highest BCUT2D eigenvalue weighted by Crippen LogP contribution is 2.29. The van der Waals surface area contributed by atoms with Crippen LogP contribution in [0.1, 0.15) is 24.9 Å². The fraction of sp³-hybridized carbons (Fsp3) is 0.462. The Morgan fingerprint density at radius 1 is 1.56 bits per heavy atom. The monoisotopic (exact) mass is 255 g/mol. The molecule has 0 aliphatic heterocycles. The van der Waals surface area contributed by atoms with Crippen LogP contribution in [0.15, 0.2) is 18.2 Å². The molecule has 5 heteroatoms. The highest BCUT2D eigenvalue weighted by molar-refractivity contribution is 5.66. The normalized spacial score (nSPS) is 12.5. The number of rotatable bonds is 6. The molecule has 4 nitrogen and oxygen atoms in total. The first-order valence-electron chi connectivity index (χ1n) is 5.71. The summed E-state index contributed by atoms with van der Waals surface area (Å²) in [6, 6.07) is 4.22. The van der Waals surface area contributed by atoms with Gasteiger partial charge in [-0.3, -0.25) is 9.69 Å². The zero-order valence-electron chi connectivity index (χ0n) is 10.8. The van der Waals surface area contributed by atoms with Gasteiger partial charge in [-0.2, -0.15) is 0 Å². The summed E-state index contributed by atoms with van der Waals surface area (Å²) in [6.07, 6.45) is 0.0540. The van der Waals surface area contributed by atoms with E-state index in [0.29, 0.717) is 17.9 Å². The van der Waals surface area contributed by atoms with Gasteiger partial charge in [-0.05, 0) is 32.2 Å². The average molecular weight is 255 g/mol. The van der Waals surface area contributed by atoms with Crippen LogP contribution in [-0.2, 0) is 4.79 Å². The van der Waals surface area contributed by atoms with E-state index in [1.165, 1.54) is 19.2 Å². The lowest BCUT2D eigenvalue weighted by atomic mass is 10.1. The van der Waals surface area contributed by atoms with Crippen LogP contribution >= 0.6 is 0 Å². The number of carbonyl (C=O) groups is 1. The molecule has 0 saturated carbocycles. The van der Waals surface area contributed by atoms with Crippen molar-refractivity contribution < 1.29 is 19.0 Å². The first-order chi connectivity index (χ1) is 8.45. The predicted molar refractivity (Wildman–Crippen MR) is 66.2 cm³/mol. The number of aliphatic carboxylic acids is 1. The Morgan fingerprint density at radius 3 is 2.78 bits per heavy atom. The largest absolute Gasteiger partial charge is 0.496 e. The van der Waals surface area contributed by atoms with Crippen molar-refractivity contribution in [3.63, 3.8) is 0 Å². The Balaban J connectivity index is 2.84. The van der Waals surface area contributed by atoms with Crippen LogP contribution in [0.2, 0.25) is 0 Å². The number of hydrogen-bond donors (Lipinski definition) is 1. The molecule has 1 aromatic carbocycles. The molecule has 0 fully saturated rings. The van der Waals surface area contributed by atoms with Gasteiger partial charge < -0.3 is 9.84 Å². The number of nitrogens with zero attached hydrogens (tertiary/aromatic N) is 1. The predicted octanol–water partition coefficient (Wildman–Crippen LogP) is 2.30. The van der Waals surface area contributed by atoms with Crippen molar-refractivity contribution in [3.05, 3.63) is 29.6 Å². The van der Waals surface area contributed by atoms with E-state index < -0.39 is 5.97 Å². The third kappa shape index (κ3) is 3.70. The average Bonchev–Trinajstić information content (AvgIpc) is 2.34. The molecule has 0 aliphatic rings. The van der Waals surface area contributed by atoms with Crippen LogP contribution in [0, 0.1) is 5.82 Å². The number of benzene rings is 1. The zero-order chi connectivity index (χ0) is 13.7. The second kappa shape index (κ2) is 6.35. The Labute approximate surface area is 106 Å². The molecule has 0 heterocycles. The fourth-order valence-corrected chi connectivity index (χ4v) is 1.73. The molecular weight excluding hydrogens is 237 g/mol. The molecule has 1 rings (SSSR count). The lowest BCUT2D eigenvalue weighted by Crippen LogP contribution is -2.25. The van der Waals surface area contributed by atoms with Crippen molar-refractivity contribution in [2.24, 2.45) is 0 Å². The fourth-order valence-electron chi connectivity index (χ4n) is 1.73. The Morgan fingerprint density at radius 2 is 2.22 bits per heavy atom. The Hall–Kier alpha value is -1.62. The summed E-state index contributed by atoms with van der Waals surface area (Å²) in [7, 11) is 3.33. The van der Waals surface area contributed by atoms with Crippen molar-refractivity contribution in [1.82, 2.24) is 4.90 Å². The lowest BCUT2D eigenvalue weighted by molar-refractivity contribution is -0.137. The maximum absolute atomic E-state index is 13.3.